The number of anilines is 1. The topological polar surface area (TPSA) is 26.7 Å². The van der Waals surface area contributed by atoms with Gasteiger partial charge in [-0.05, 0) is 30.0 Å². The lowest BCUT2D eigenvalue weighted by molar-refractivity contribution is 0.311. The molecule has 0 amide bonds. The Morgan fingerprint density at radius 3 is 2.22 bits per heavy atom. The first-order valence-corrected chi connectivity index (χ1v) is 6.39. The second-order valence-electron chi connectivity index (χ2n) is 4.98. The Hall–Kier alpha value is -1.74. The lowest BCUT2D eigenvalue weighted by atomic mass is 10.1. The molecule has 0 aliphatic carbocycles. The third-order valence-corrected chi connectivity index (χ3v) is 3.69. The fourth-order valence-corrected chi connectivity index (χ4v) is 2.52. The van der Waals surface area contributed by atoms with Gasteiger partial charge in [0.05, 0.1) is 5.69 Å². The van der Waals surface area contributed by atoms with E-state index in [0.29, 0.717) is 5.75 Å². The summed E-state index contributed by atoms with van der Waals surface area (Å²) in [7, 11) is 2.14. The summed E-state index contributed by atoms with van der Waals surface area (Å²) in [6.45, 7) is 4.04. The number of fused-ring (bicyclic) bond motifs is 1. The molecule has 0 radical (unpaired) electrons. The van der Waals surface area contributed by atoms with Crippen LogP contribution in [-0.2, 0) is 0 Å². The van der Waals surface area contributed by atoms with Crippen molar-refractivity contribution < 1.29 is 5.11 Å². The second kappa shape index (κ2) is 4.50. The molecule has 0 bridgehead atoms. The van der Waals surface area contributed by atoms with E-state index >= 15 is 0 Å². The molecular formula is C15H18N2O. The molecule has 1 saturated heterocycles. The van der Waals surface area contributed by atoms with Gasteiger partial charge in [0.2, 0.25) is 0 Å². The summed E-state index contributed by atoms with van der Waals surface area (Å²) < 4.78 is 0. The molecule has 3 nitrogen and oxygen atoms in total. The first kappa shape index (κ1) is 11.4. The number of phenols is 1. The Balaban J connectivity index is 1.98. The van der Waals surface area contributed by atoms with Gasteiger partial charge >= 0.3 is 0 Å². The minimum absolute atomic E-state index is 0.387. The van der Waals surface area contributed by atoms with Gasteiger partial charge in [0.15, 0.2) is 0 Å². The zero-order valence-electron chi connectivity index (χ0n) is 10.6. The third kappa shape index (κ3) is 2.02. The Morgan fingerprint density at radius 1 is 0.944 bits per heavy atom. The number of aromatic hydroxyl groups is 1. The van der Waals surface area contributed by atoms with Crippen LogP contribution in [0.25, 0.3) is 10.8 Å². The van der Waals surface area contributed by atoms with Crippen molar-refractivity contribution >= 4 is 16.5 Å². The van der Waals surface area contributed by atoms with Crippen LogP contribution in [0.1, 0.15) is 0 Å². The van der Waals surface area contributed by atoms with Gasteiger partial charge in [0.25, 0.3) is 0 Å². The molecule has 0 saturated carbocycles. The monoisotopic (exact) mass is 242 g/mol. The van der Waals surface area contributed by atoms with E-state index in [9.17, 15) is 5.11 Å². The minimum Gasteiger partial charge on any atom is -0.506 e. The summed E-state index contributed by atoms with van der Waals surface area (Å²) >= 11 is 0. The highest BCUT2D eigenvalue weighted by atomic mass is 16.3. The van der Waals surface area contributed by atoms with Gasteiger partial charge in [-0.25, -0.2) is 0 Å². The number of hydrogen-bond acceptors (Lipinski definition) is 3. The van der Waals surface area contributed by atoms with Crippen molar-refractivity contribution in [3.63, 3.8) is 0 Å². The average Bonchev–Trinajstić information content (AvgIpc) is 2.39. The van der Waals surface area contributed by atoms with E-state index in [4.69, 9.17) is 0 Å². The van der Waals surface area contributed by atoms with Crippen molar-refractivity contribution in [2.45, 2.75) is 0 Å². The van der Waals surface area contributed by atoms with Crippen LogP contribution in [-0.4, -0.2) is 43.2 Å². The molecule has 0 atom stereocenters. The standard InChI is InChI=1S/C15H18N2O/c1-16-6-8-17(9-7-16)14-10-12-4-2-3-5-13(12)11-15(14)18/h2-5,10-11,18H,6-9H2,1H3. The van der Waals surface area contributed by atoms with Crippen molar-refractivity contribution in [1.29, 1.82) is 0 Å². The molecule has 94 valence electrons. The molecule has 18 heavy (non-hydrogen) atoms. The van der Waals surface area contributed by atoms with Gasteiger partial charge in [0.1, 0.15) is 5.75 Å². The van der Waals surface area contributed by atoms with Crippen molar-refractivity contribution in [1.82, 2.24) is 4.90 Å². The zero-order chi connectivity index (χ0) is 12.5. The number of piperazine rings is 1. The molecule has 1 N–H and O–H groups in total. The maximum absolute atomic E-state index is 10.2. The Bertz CT molecular complexity index is 559. The number of benzene rings is 2. The van der Waals surface area contributed by atoms with Crippen LogP contribution >= 0.6 is 0 Å². The number of likely N-dealkylation sites (N-methyl/N-ethyl adjacent to an activating group) is 1. The highest BCUT2D eigenvalue weighted by molar-refractivity contribution is 5.88. The first-order valence-electron chi connectivity index (χ1n) is 6.39. The molecular weight excluding hydrogens is 224 g/mol. The summed E-state index contributed by atoms with van der Waals surface area (Å²) in [6, 6.07) is 12.1. The predicted octanol–water partition coefficient (Wildman–Crippen LogP) is 2.30. The molecule has 2 aromatic carbocycles. The first-order chi connectivity index (χ1) is 8.74. The maximum atomic E-state index is 10.2. The summed E-state index contributed by atoms with van der Waals surface area (Å²) in [5.41, 5.74) is 0.960. The molecule has 2 aromatic rings. The minimum atomic E-state index is 0.387. The van der Waals surface area contributed by atoms with E-state index in [-0.39, 0.29) is 0 Å². The van der Waals surface area contributed by atoms with Crippen molar-refractivity contribution in [3.05, 3.63) is 36.4 Å². The second-order valence-corrected chi connectivity index (χ2v) is 4.98. The molecule has 3 heteroatoms. The van der Waals surface area contributed by atoms with E-state index in [2.05, 4.69) is 29.0 Å². The van der Waals surface area contributed by atoms with Crippen LogP contribution < -0.4 is 4.90 Å². The summed E-state index contributed by atoms with van der Waals surface area (Å²) in [4.78, 5) is 4.58. The van der Waals surface area contributed by atoms with E-state index < -0.39 is 0 Å². The van der Waals surface area contributed by atoms with Gasteiger partial charge < -0.3 is 14.9 Å². The summed E-state index contributed by atoms with van der Waals surface area (Å²) in [5, 5.41) is 12.4. The molecule has 0 unspecified atom stereocenters. The lowest BCUT2D eigenvalue weighted by Crippen LogP contribution is -2.44. The smallest absolute Gasteiger partial charge is 0.139 e. The largest absolute Gasteiger partial charge is 0.506 e. The molecule has 1 aliphatic rings. The maximum Gasteiger partial charge on any atom is 0.139 e. The highest BCUT2D eigenvalue weighted by Crippen LogP contribution is 2.32. The number of phenolic OH excluding ortho intramolecular Hbond substituents is 1. The van der Waals surface area contributed by atoms with E-state index in [0.717, 1.165) is 37.3 Å². The van der Waals surface area contributed by atoms with Crippen LogP contribution in [0.5, 0.6) is 5.75 Å². The third-order valence-electron chi connectivity index (χ3n) is 3.69. The number of hydrogen-bond donors (Lipinski definition) is 1. The zero-order valence-corrected chi connectivity index (χ0v) is 10.6. The number of rotatable bonds is 1. The average molecular weight is 242 g/mol. The van der Waals surface area contributed by atoms with Crippen LogP contribution in [0.15, 0.2) is 36.4 Å². The van der Waals surface area contributed by atoms with E-state index in [1.807, 2.05) is 24.3 Å². The Labute approximate surface area is 107 Å². The molecule has 1 fully saturated rings. The predicted molar refractivity (Wildman–Crippen MR) is 75.3 cm³/mol. The van der Waals surface area contributed by atoms with Crippen LogP contribution in [0.2, 0.25) is 0 Å². The normalized spacial score (nSPS) is 17.3. The van der Waals surface area contributed by atoms with E-state index in [1.165, 1.54) is 5.39 Å². The molecule has 1 heterocycles. The highest BCUT2D eigenvalue weighted by Gasteiger charge is 2.17. The van der Waals surface area contributed by atoms with Gasteiger partial charge in [-0.15, -0.1) is 0 Å². The fourth-order valence-electron chi connectivity index (χ4n) is 2.52. The quantitative estimate of drug-likeness (QED) is 0.831. The molecule has 0 spiro atoms. The summed E-state index contributed by atoms with van der Waals surface area (Å²) in [5.74, 6) is 0.387. The number of nitrogens with zero attached hydrogens (tertiary/aromatic N) is 2. The fraction of sp³-hybridized carbons (Fsp3) is 0.333. The lowest BCUT2D eigenvalue weighted by Gasteiger charge is -2.34. The van der Waals surface area contributed by atoms with Crippen molar-refractivity contribution in [3.8, 4) is 5.75 Å². The summed E-state index contributed by atoms with van der Waals surface area (Å²) in [6.07, 6.45) is 0. The Kier molecular flexibility index (Phi) is 2.84. The van der Waals surface area contributed by atoms with E-state index in [1.54, 1.807) is 0 Å². The van der Waals surface area contributed by atoms with Crippen LogP contribution in [0.3, 0.4) is 0 Å². The van der Waals surface area contributed by atoms with Crippen LogP contribution in [0, 0.1) is 0 Å². The molecule has 3 rings (SSSR count). The van der Waals surface area contributed by atoms with Crippen LogP contribution in [0.4, 0.5) is 5.69 Å². The SMILES string of the molecule is CN1CCN(c2cc3ccccc3cc2O)CC1. The van der Waals surface area contributed by atoms with Gasteiger partial charge in [-0.1, -0.05) is 24.3 Å². The van der Waals surface area contributed by atoms with Gasteiger partial charge in [0, 0.05) is 26.2 Å². The molecule has 0 aromatic heterocycles. The van der Waals surface area contributed by atoms with Crippen molar-refractivity contribution in [2.24, 2.45) is 0 Å². The Morgan fingerprint density at radius 2 is 1.56 bits per heavy atom. The molecule has 1 aliphatic heterocycles. The van der Waals surface area contributed by atoms with Crippen molar-refractivity contribution in [2.75, 3.05) is 38.1 Å². The van der Waals surface area contributed by atoms with Gasteiger partial charge in [-0.3, -0.25) is 0 Å². The van der Waals surface area contributed by atoms with Gasteiger partial charge in [-0.2, -0.15) is 0 Å².